The van der Waals surface area contributed by atoms with Crippen LogP contribution >= 0.6 is 0 Å². The number of piperazine rings is 1. The average Bonchev–Trinajstić information content (AvgIpc) is 3.14. The third-order valence-electron chi connectivity index (χ3n) is 3.60. The summed E-state index contributed by atoms with van der Waals surface area (Å²) in [5, 5.41) is 15.3. The zero-order valence-electron chi connectivity index (χ0n) is 10.3. The smallest absolute Gasteiger partial charge is 0.235 e. The zero-order chi connectivity index (χ0) is 12.3. The van der Waals surface area contributed by atoms with Crippen molar-refractivity contribution in [1.29, 1.82) is 5.26 Å². The molecule has 1 amide bonds. The molecule has 0 aromatic rings. The van der Waals surface area contributed by atoms with Crippen LogP contribution in [0.5, 0.6) is 0 Å². The maximum absolute atomic E-state index is 11.9. The number of carbonyl (C=O) groups is 1. The van der Waals surface area contributed by atoms with E-state index < -0.39 is 5.54 Å². The van der Waals surface area contributed by atoms with Crippen LogP contribution in [0.2, 0.25) is 0 Å². The average molecular weight is 236 g/mol. The van der Waals surface area contributed by atoms with Crippen molar-refractivity contribution in [2.24, 2.45) is 5.92 Å². The van der Waals surface area contributed by atoms with E-state index in [1.54, 1.807) is 0 Å². The number of carbonyl (C=O) groups excluding carboxylic acids is 1. The van der Waals surface area contributed by atoms with E-state index in [1.165, 1.54) is 0 Å². The Hall–Kier alpha value is -1.12. The van der Waals surface area contributed by atoms with Crippen molar-refractivity contribution in [3.63, 3.8) is 0 Å². The molecule has 1 aliphatic carbocycles. The summed E-state index contributed by atoms with van der Waals surface area (Å²) in [7, 11) is 0. The second-order valence-corrected chi connectivity index (χ2v) is 5.16. The van der Waals surface area contributed by atoms with Gasteiger partial charge in [-0.1, -0.05) is 0 Å². The van der Waals surface area contributed by atoms with Gasteiger partial charge in [-0.05, 0) is 25.7 Å². The van der Waals surface area contributed by atoms with Crippen molar-refractivity contribution in [3.05, 3.63) is 0 Å². The van der Waals surface area contributed by atoms with Crippen LogP contribution in [-0.4, -0.2) is 49.1 Å². The molecule has 2 rings (SSSR count). The molecule has 1 aliphatic heterocycles. The first-order chi connectivity index (χ1) is 8.14. The third-order valence-corrected chi connectivity index (χ3v) is 3.60. The summed E-state index contributed by atoms with van der Waals surface area (Å²) in [5.41, 5.74) is -0.662. The summed E-state index contributed by atoms with van der Waals surface area (Å²) in [6.07, 6.45) is 2.11. The van der Waals surface area contributed by atoms with Crippen LogP contribution in [0.4, 0.5) is 0 Å². The normalized spacial score (nSPS) is 24.7. The van der Waals surface area contributed by atoms with Crippen LogP contribution < -0.4 is 10.6 Å². The first kappa shape index (κ1) is 12.3. The molecule has 0 aromatic heterocycles. The lowest BCUT2D eigenvalue weighted by molar-refractivity contribution is -0.123. The summed E-state index contributed by atoms with van der Waals surface area (Å²) >= 11 is 0. The quantitative estimate of drug-likeness (QED) is 0.703. The Morgan fingerprint density at radius 3 is 2.71 bits per heavy atom. The number of rotatable bonds is 4. The molecule has 94 valence electrons. The lowest BCUT2D eigenvalue weighted by Crippen LogP contribution is -2.52. The number of amides is 1. The molecule has 0 aromatic carbocycles. The number of hydrogen-bond donors (Lipinski definition) is 2. The van der Waals surface area contributed by atoms with Crippen molar-refractivity contribution in [2.45, 2.75) is 25.3 Å². The zero-order valence-corrected chi connectivity index (χ0v) is 10.3. The summed E-state index contributed by atoms with van der Waals surface area (Å²) in [5.74, 6) is 0.322. The Labute approximate surface area is 102 Å². The van der Waals surface area contributed by atoms with Crippen LogP contribution in [0.3, 0.4) is 0 Å². The predicted octanol–water partition coefficient (Wildman–Crippen LogP) is -0.300. The second-order valence-electron chi connectivity index (χ2n) is 5.16. The highest BCUT2D eigenvalue weighted by Crippen LogP contribution is 2.39. The summed E-state index contributed by atoms with van der Waals surface area (Å²) in [6, 6.07) is 2.25. The molecular weight excluding hydrogens is 216 g/mol. The van der Waals surface area contributed by atoms with Crippen molar-refractivity contribution >= 4 is 5.91 Å². The molecule has 1 heterocycles. The molecule has 17 heavy (non-hydrogen) atoms. The van der Waals surface area contributed by atoms with Gasteiger partial charge in [-0.15, -0.1) is 0 Å². The van der Waals surface area contributed by atoms with E-state index in [9.17, 15) is 4.79 Å². The minimum atomic E-state index is -0.662. The maximum Gasteiger partial charge on any atom is 0.235 e. The van der Waals surface area contributed by atoms with Gasteiger partial charge in [-0.2, -0.15) is 5.26 Å². The van der Waals surface area contributed by atoms with Crippen LogP contribution in [-0.2, 0) is 4.79 Å². The van der Waals surface area contributed by atoms with Gasteiger partial charge in [0.2, 0.25) is 5.91 Å². The van der Waals surface area contributed by atoms with Gasteiger partial charge in [0.05, 0.1) is 12.6 Å². The topological polar surface area (TPSA) is 68.2 Å². The van der Waals surface area contributed by atoms with Crippen molar-refractivity contribution in [1.82, 2.24) is 15.5 Å². The fraction of sp³-hybridized carbons (Fsp3) is 0.833. The van der Waals surface area contributed by atoms with Crippen LogP contribution in [0, 0.1) is 17.2 Å². The Morgan fingerprint density at radius 1 is 1.53 bits per heavy atom. The lowest BCUT2D eigenvalue weighted by Gasteiger charge is -2.29. The largest absolute Gasteiger partial charge is 0.337 e. The second kappa shape index (κ2) is 5.03. The van der Waals surface area contributed by atoms with E-state index in [1.807, 2.05) is 6.92 Å². The highest BCUT2D eigenvalue weighted by atomic mass is 16.2. The molecule has 5 heteroatoms. The fourth-order valence-corrected chi connectivity index (χ4v) is 2.28. The van der Waals surface area contributed by atoms with Crippen LogP contribution in [0.15, 0.2) is 0 Å². The monoisotopic (exact) mass is 236 g/mol. The molecule has 2 aliphatic rings. The van der Waals surface area contributed by atoms with E-state index in [0.29, 0.717) is 12.5 Å². The highest BCUT2D eigenvalue weighted by molar-refractivity contribution is 5.79. The van der Waals surface area contributed by atoms with E-state index >= 15 is 0 Å². The summed E-state index contributed by atoms with van der Waals surface area (Å²) in [6.45, 7) is 5.92. The minimum absolute atomic E-state index is 0.0251. The van der Waals surface area contributed by atoms with Crippen LogP contribution in [0.25, 0.3) is 0 Å². The van der Waals surface area contributed by atoms with Gasteiger partial charge in [-0.25, -0.2) is 0 Å². The molecule has 1 atom stereocenters. The molecule has 1 saturated carbocycles. The lowest BCUT2D eigenvalue weighted by atomic mass is 9.98. The number of nitrogens with one attached hydrogen (secondary N) is 2. The van der Waals surface area contributed by atoms with E-state index in [2.05, 4.69) is 21.6 Å². The number of nitriles is 1. The molecule has 1 unspecified atom stereocenters. The standard InChI is InChI=1S/C12H20N4O/c1-12(9-13,10-2-3-10)15-11(17)8-16-6-4-14-5-7-16/h10,14H,2-8H2,1H3,(H,15,17). The van der Waals surface area contributed by atoms with Gasteiger partial charge in [0.25, 0.3) is 0 Å². The Bertz CT molecular complexity index is 328. The van der Waals surface area contributed by atoms with Crippen molar-refractivity contribution < 1.29 is 4.79 Å². The molecule has 5 nitrogen and oxygen atoms in total. The van der Waals surface area contributed by atoms with Gasteiger partial charge < -0.3 is 10.6 Å². The Morgan fingerprint density at radius 2 is 2.18 bits per heavy atom. The number of hydrogen-bond acceptors (Lipinski definition) is 4. The predicted molar refractivity (Wildman–Crippen MR) is 64.2 cm³/mol. The van der Waals surface area contributed by atoms with Gasteiger partial charge in [0.1, 0.15) is 5.54 Å². The van der Waals surface area contributed by atoms with E-state index in [-0.39, 0.29) is 5.91 Å². The van der Waals surface area contributed by atoms with Crippen molar-refractivity contribution in [3.8, 4) is 6.07 Å². The molecule has 0 radical (unpaired) electrons. The molecule has 2 fully saturated rings. The molecule has 1 saturated heterocycles. The van der Waals surface area contributed by atoms with Gasteiger partial charge in [-0.3, -0.25) is 9.69 Å². The SMILES string of the molecule is CC(C#N)(NC(=O)CN1CCNCC1)C1CC1. The fourth-order valence-electron chi connectivity index (χ4n) is 2.28. The van der Waals surface area contributed by atoms with E-state index in [4.69, 9.17) is 5.26 Å². The third kappa shape index (κ3) is 3.18. The maximum atomic E-state index is 11.9. The van der Waals surface area contributed by atoms with Crippen molar-refractivity contribution in [2.75, 3.05) is 32.7 Å². The molecular formula is C12H20N4O. The summed E-state index contributed by atoms with van der Waals surface area (Å²) < 4.78 is 0. The molecule has 0 spiro atoms. The number of nitrogens with zero attached hydrogens (tertiary/aromatic N) is 2. The Balaban J connectivity index is 1.81. The molecule has 2 N–H and O–H groups in total. The highest BCUT2D eigenvalue weighted by Gasteiger charge is 2.43. The van der Waals surface area contributed by atoms with Crippen LogP contribution in [0.1, 0.15) is 19.8 Å². The first-order valence-corrected chi connectivity index (χ1v) is 6.29. The molecule has 0 bridgehead atoms. The van der Waals surface area contributed by atoms with E-state index in [0.717, 1.165) is 39.0 Å². The summed E-state index contributed by atoms with van der Waals surface area (Å²) in [4.78, 5) is 14.0. The first-order valence-electron chi connectivity index (χ1n) is 6.29. The van der Waals surface area contributed by atoms with Gasteiger partial charge in [0, 0.05) is 26.2 Å². The van der Waals surface area contributed by atoms with Gasteiger partial charge in [0.15, 0.2) is 0 Å². The minimum Gasteiger partial charge on any atom is -0.337 e. The Kier molecular flexibility index (Phi) is 3.65. The van der Waals surface area contributed by atoms with Gasteiger partial charge >= 0.3 is 0 Å².